The van der Waals surface area contributed by atoms with Crippen molar-refractivity contribution in [3.8, 4) is 6.07 Å². The molecule has 0 radical (unpaired) electrons. The lowest BCUT2D eigenvalue weighted by Gasteiger charge is -2.17. The van der Waals surface area contributed by atoms with Crippen LogP contribution in [0.25, 0.3) is 0 Å². The molecule has 3 nitrogen and oxygen atoms in total. The third kappa shape index (κ3) is 1.56. The highest BCUT2D eigenvalue weighted by Gasteiger charge is 2.26. The summed E-state index contributed by atoms with van der Waals surface area (Å²) in [5, 5.41) is 8.59. The van der Waals surface area contributed by atoms with Gasteiger partial charge in [0.05, 0.1) is 5.92 Å². The van der Waals surface area contributed by atoms with Gasteiger partial charge in [0.1, 0.15) is 17.6 Å². The Bertz CT molecular complexity index is 386. The summed E-state index contributed by atoms with van der Waals surface area (Å²) in [6, 6.07) is 5.29. The van der Waals surface area contributed by atoms with Gasteiger partial charge < -0.3 is 4.42 Å². The molecule has 1 heterocycles. The van der Waals surface area contributed by atoms with E-state index in [1.165, 1.54) is 0 Å². The van der Waals surface area contributed by atoms with Gasteiger partial charge in [0.25, 0.3) is 0 Å². The zero-order valence-corrected chi connectivity index (χ0v) is 7.82. The summed E-state index contributed by atoms with van der Waals surface area (Å²) >= 11 is 0. The van der Waals surface area contributed by atoms with Gasteiger partial charge >= 0.3 is 0 Å². The van der Waals surface area contributed by atoms with Crippen LogP contribution in [0.15, 0.2) is 16.5 Å². The lowest BCUT2D eigenvalue weighted by molar-refractivity contribution is -0.122. The van der Waals surface area contributed by atoms with Crippen molar-refractivity contribution in [2.45, 2.75) is 31.6 Å². The molecule has 1 aromatic rings. The van der Waals surface area contributed by atoms with Crippen LogP contribution in [0.3, 0.4) is 0 Å². The summed E-state index contributed by atoms with van der Waals surface area (Å²) in [4.78, 5) is 11.5. The fraction of sp³-hybridized carbons (Fsp3) is 0.455. The molecule has 1 aliphatic carbocycles. The van der Waals surface area contributed by atoms with Crippen molar-refractivity contribution in [3.05, 3.63) is 23.7 Å². The van der Waals surface area contributed by atoms with Crippen LogP contribution in [0.2, 0.25) is 0 Å². The molecule has 1 fully saturated rings. The van der Waals surface area contributed by atoms with Gasteiger partial charge in [0.2, 0.25) is 5.76 Å². The van der Waals surface area contributed by atoms with Gasteiger partial charge in [-0.1, -0.05) is 6.42 Å². The fourth-order valence-electron chi connectivity index (χ4n) is 1.88. The van der Waals surface area contributed by atoms with Crippen molar-refractivity contribution in [2.24, 2.45) is 0 Å². The first-order valence-corrected chi connectivity index (χ1v) is 4.84. The number of carbonyl (C=O) groups is 1. The number of hydrogen-bond acceptors (Lipinski definition) is 3. The number of Topliss-reactive ketones (excluding diaryl/α,β-unsaturated/α-hetero) is 1. The number of nitrogens with zero attached hydrogens (tertiary/aromatic N) is 1. The molecule has 14 heavy (non-hydrogen) atoms. The van der Waals surface area contributed by atoms with Crippen molar-refractivity contribution in [1.82, 2.24) is 0 Å². The van der Waals surface area contributed by atoms with Gasteiger partial charge in [0.15, 0.2) is 0 Å². The normalized spacial score (nSPS) is 21.9. The van der Waals surface area contributed by atoms with E-state index in [-0.39, 0.29) is 11.7 Å². The molecule has 0 amide bonds. The highest BCUT2D eigenvalue weighted by atomic mass is 16.3. The quantitative estimate of drug-likeness (QED) is 0.681. The van der Waals surface area contributed by atoms with Crippen LogP contribution >= 0.6 is 0 Å². The zero-order valence-electron chi connectivity index (χ0n) is 7.82. The maximum Gasteiger partial charge on any atom is 0.203 e. The first-order chi connectivity index (χ1) is 6.81. The minimum Gasteiger partial charge on any atom is -0.450 e. The third-order valence-electron chi connectivity index (χ3n) is 2.64. The van der Waals surface area contributed by atoms with Crippen LogP contribution in [0, 0.1) is 11.3 Å². The molecule has 72 valence electrons. The molecule has 3 heteroatoms. The van der Waals surface area contributed by atoms with Gasteiger partial charge in [-0.2, -0.15) is 5.26 Å². The molecule has 2 rings (SSSR count). The molecule has 0 spiro atoms. The Balaban J connectivity index is 2.21. The molecule has 0 saturated heterocycles. The number of hydrogen-bond donors (Lipinski definition) is 0. The zero-order chi connectivity index (χ0) is 9.97. The average Bonchev–Trinajstić information content (AvgIpc) is 2.67. The molecule has 0 bridgehead atoms. The smallest absolute Gasteiger partial charge is 0.203 e. The lowest BCUT2D eigenvalue weighted by Crippen LogP contribution is -2.16. The topological polar surface area (TPSA) is 54.0 Å². The van der Waals surface area contributed by atoms with Gasteiger partial charge in [0, 0.05) is 6.42 Å². The van der Waals surface area contributed by atoms with E-state index in [0.717, 1.165) is 19.3 Å². The van der Waals surface area contributed by atoms with Crippen LogP contribution in [-0.2, 0) is 4.79 Å². The van der Waals surface area contributed by atoms with Crippen molar-refractivity contribution in [3.63, 3.8) is 0 Å². The predicted molar refractivity (Wildman–Crippen MR) is 49.6 cm³/mol. The van der Waals surface area contributed by atoms with Gasteiger partial charge in [-0.15, -0.1) is 0 Å². The Morgan fingerprint density at radius 1 is 1.43 bits per heavy atom. The highest BCUT2D eigenvalue weighted by molar-refractivity contribution is 5.85. The number of ketones is 1. The molecule has 1 aliphatic rings. The second kappa shape index (κ2) is 3.67. The monoisotopic (exact) mass is 189 g/mol. The summed E-state index contributed by atoms with van der Waals surface area (Å²) in [6.45, 7) is 0. The first kappa shape index (κ1) is 9.01. The van der Waals surface area contributed by atoms with Gasteiger partial charge in [-0.05, 0) is 25.0 Å². The van der Waals surface area contributed by atoms with E-state index in [4.69, 9.17) is 9.68 Å². The molecule has 1 saturated carbocycles. The maximum absolute atomic E-state index is 11.5. The summed E-state index contributed by atoms with van der Waals surface area (Å²) in [5.74, 6) is 1.09. The second-order valence-corrected chi connectivity index (χ2v) is 3.58. The second-order valence-electron chi connectivity index (χ2n) is 3.58. The van der Waals surface area contributed by atoms with Crippen molar-refractivity contribution in [1.29, 1.82) is 5.26 Å². The van der Waals surface area contributed by atoms with Crippen molar-refractivity contribution in [2.75, 3.05) is 0 Å². The highest BCUT2D eigenvalue weighted by Crippen LogP contribution is 2.30. The number of carbonyl (C=O) groups excluding carboxylic acids is 1. The Labute approximate surface area is 82.3 Å². The van der Waals surface area contributed by atoms with Crippen LogP contribution in [0.1, 0.15) is 43.1 Å². The van der Waals surface area contributed by atoms with E-state index < -0.39 is 0 Å². The number of furan rings is 1. The molecule has 0 N–H and O–H groups in total. The van der Waals surface area contributed by atoms with E-state index in [2.05, 4.69) is 0 Å². The summed E-state index contributed by atoms with van der Waals surface area (Å²) in [6.07, 6.45) is 3.56. The summed E-state index contributed by atoms with van der Waals surface area (Å²) in [5.41, 5.74) is 0. The van der Waals surface area contributed by atoms with E-state index in [0.29, 0.717) is 17.9 Å². The SMILES string of the molecule is N#Cc1ccc(C2CCCCC2=O)o1. The molecule has 0 aliphatic heterocycles. The van der Waals surface area contributed by atoms with E-state index in [1.807, 2.05) is 6.07 Å². The van der Waals surface area contributed by atoms with E-state index in [9.17, 15) is 4.79 Å². The maximum atomic E-state index is 11.5. The molecule has 0 aromatic carbocycles. The minimum atomic E-state index is -0.106. The molecular weight excluding hydrogens is 178 g/mol. The summed E-state index contributed by atoms with van der Waals surface area (Å²) < 4.78 is 5.26. The van der Waals surface area contributed by atoms with Crippen LogP contribution in [0.5, 0.6) is 0 Å². The fourth-order valence-corrected chi connectivity index (χ4v) is 1.88. The van der Waals surface area contributed by atoms with Crippen molar-refractivity contribution < 1.29 is 9.21 Å². The van der Waals surface area contributed by atoms with Crippen LogP contribution in [-0.4, -0.2) is 5.78 Å². The largest absolute Gasteiger partial charge is 0.450 e. The Morgan fingerprint density at radius 3 is 2.93 bits per heavy atom. The van der Waals surface area contributed by atoms with E-state index >= 15 is 0 Å². The number of nitriles is 1. The minimum absolute atomic E-state index is 0.106. The van der Waals surface area contributed by atoms with Crippen LogP contribution < -0.4 is 0 Å². The molecule has 1 aromatic heterocycles. The Hall–Kier alpha value is -1.56. The van der Waals surface area contributed by atoms with E-state index in [1.54, 1.807) is 12.1 Å². The standard InChI is InChI=1S/C11H11NO2/c12-7-8-5-6-11(14-8)9-3-1-2-4-10(9)13/h5-6,9H,1-4H2. The van der Waals surface area contributed by atoms with Crippen LogP contribution in [0.4, 0.5) is 0 Å². The lowest BCUT2D eigenvalue weighted by atomic mass is 9.86. The first-order valence-electron chi connectivity index (χ1n) is 4.84. The molecular formula is C11H11NO2. The van der Waals surface area contributed by atoms with Gasteiger partial charge in [-0.3, -0.25) is 4.79 Å². The van der Waals surface area contributed by atoms with Crippen molar-refractivity contribution >= 4 is 5.78 Å². The summed E-state index contributed by atoms with van der Waals surface area (Å²) in [7, 11) is 0. The van der Waals surface area contributed by atoms with Gasteiger partial charge in [-0.25, -0.2) is 0 Å². The Kier molecular flexibility index (Phi) is 2.36. The third-order valence-corrected chi connectivity index (χ3v) is 2.64. The molecule has 1 unspecified atom stereocenters. The molecule has 1 atom stereocenters. The Morgan fingerprint density at radius 2 is 2.29 bits per heavy atom. The average molecular weight is 189 g/mol. The number of rotatable bonds is 1. The predicted octanol–water partition coefficient (Wildman–Crippen LogP) is 2.38.